The quantitative estimate of drug-likeness (QED) is 0.221. The summed E-state index contributed by atoms with van der Waals surface area (Å²) in [5.41, 5.74) is 16.2. The van der Waals surface area contributed by atoms with Crippen LogP contribution in [0.1, 0.15) is 38.5 Å². The number of hydrogen-bond donors (Lipinski definition) is 5. The van der Waals surface area contributed by atoms with Crippen LogP contribution >= 0.6 is 0 Å². The van der Waals surface area contributed by atoms with Crippen LogP contribution in [-0.4, -0.2) is 44.0 Å². The highest BCUT2D eigenvalue weighted by Crippen LogP contribution is 2.28. The molecule has 23 heavy (non-hydrogen) atoms. The van der Waals surface area contributed by atoms with Crippen molar-refractivity contribution in [2.24, 2.45) is 34.0 Å². The fraction of sp³-hybridized carbons (Fsp3) is 0.800. The van der Waals surface area contributed by atoms with Crippen LogP contribution in [0.15, 0.2) is 4.99 Å². The van der Waals surface area contributed by atoms with Crippen molar-refractivity contribution in [1.82, 2.24) is 10.6 Å². The molecule has 1 atom stereocenters. The first-order valence-corrected chi connectivity index (χ1v) is 8.25. The van der Waals surface area contributed by atoms with Crippen LogP contribution in [0, 0.1) is 11.8 Å². The number of nitrogens with one attached hydrogen (secondary N) is 2. The molecule has 0 aromatic carbocycles. The highest BCUT2D eigenvalue weighted by Gasteiger charge is 2.28. The van der Waals surface area contributed by atoms with E-state index in [1.807, 2.05) is 0 Å². The molecule has 1 aliphatic rings. The topological polar surface area (TPSA) is 149 Å². The van der Waals surface area contributed by atoms with Gasteiger partial charge in [0.1, 0.15) is 6.04 Å². The lowest BCUT2D eigenvalue weighted by Gasteiger charge is -2.28. The van der Waals surface area contributed by atoms with Crippen molar-refractivity contribution < 1.29 is 9.59 Å². The van der Waals surface area contributed by atoms with E-state index in [1.165, 1.54) is 0 Å². The molecule has 1 rings (SSSR count). The van der Waals surface area contributed by atoms with Gasteiger partial charge in [-0.1, -0.05) is 0 Å². The number of guanidine groups is 1. The fourth-order valence-electron chi connectivity index (χ4n) is 2.90. The second-order valence-electron chi connectivity index (χ2n) is 6.08. The molecule has 2 amide bonds. The smallest absolute Gasteiger partial charge is 0.242 e. The molecule has 0 radical (unpaired) electrons. The minimum absolute atomic E-state index is 0.0253. The SMILES string of the molecule is CNC(=O)[C@H](CCCN=C(N)N)NC(=O)C1CCC(CN)CC1. The normalized spacial score (nSPS) is 22.0. The molecular weight excluding hydrogens is 296 g/mol. The summed E-state index contributed by atoms with van der Waals surface area (Å²) in [7, 11) is 1.56. The van der Waals surface area contributed by atoms with E-state index in [1.54, 1.807) is 7.05 Å². The highest BCUT2D eigenvalue weighted by atomic mass is 16.2. The van der Waals surface area contributed by atoms with Crippen molar-refractivity contribution in [2.45, 2.75) is 44.6 Å². The molecule has 8 nitrogen and oxygen atoms in total. The lowest BCUT2D eigenvalue weighted by atomic mass is 9.81. The van der Waals surface area contributed by atoms with Gasteiger partial charge in [-0.3, -0.25) is 14.6 Å². The summed E-state index contributed by atoms with van der Waals surface area (Å²) in [6.07, 6.45) is 4.74. The Morgan fingerprint density at radius 1 is 1.22 bits per heavy atom. The van der Waals surface area contributed by atoms with E-state index >= 15 is 0 Å². The maximum Gasteiger partial charge on any atom is 0.242 e. The fourth-order valence-corrected chi connectivity index (χ4v) is 2.90. The van der Waals surface area contributed by atoms with E-state index in [0.717, 1.165) is 25.7 Å². The van der Waals surface area contributed by atoms with Crippen molar-refractivity contribution >= 4 is 17.8 Å². The number of nitrogens with zero attached hydrogens (tertiary/aromatic N) is 1. The van der Waals surface area contributed by atoms with Gasteiger partial charge in [0.25, 0.3) is 0 Å². The minimum Gasteiger partial charge on any atom is -0.370 e. The zero-order chi connectivity index (χ0) is 17.2. The molecule has 1 aliphatic carbocycles. The number of carbonyl (C=O) groups excluding carboxylic acids is 2. The van der Waals surface area contributed by atoms with E-state index < -0.39 is 6.04 Å². The van der Waals surface area contributed by atoms with Crippen LogP contribution in [0.2, 0.25) is 0 Å². The number of aliphatic imine (C=N–C) groups is 1. The molecule has 0 bridgehead atoms. The Balaban J connectivity index is 2.47. The summed E-state index contributed by atoms with van der Waals surface area (Å²) in [6, 6.07) is -0.547. The number of amides is 2. The second kappa shape index (κ2) is 10.0. The lowest BCUT2D eigenvalue weighted by Crippen LogP contribution is -2.48. The van der Waals surface area contributed by atoms with Gasteiger partial charge in [-0.2, -0.15) is 0 Å². The maximum atomic E-state index is 12.4. The first-order chi connectivity index (χ1) is 11.0. The van der Waals surface area contributed by atoms with Crippen molar-refractivity contribution in [2.75, 3.05) is 20.1 Å². The van der Waals surface area contributed by atoms with Gasteiger partial charge in [0.15, 0.2) is 5.96 Å². The van der Waals surface area contributed by atoms with Crippen molar-refractivity contribution in [1.29, 1.82) is 0 Å². The Hall–Kier alpha value is -1.83. The average Bonchev–Trinajstić information content (AvgIpc) is 2.56. The lowest BCUT2D eigenvalue weighted by molar-refractivity contribution is -0.131. The third-order valence-corrected chi connectivity index (χ3v) is 4.38. The summed E-state index contributed by atoms with van der Waals surface area (Å²) >= 11 is 0. The molecule has 132 valence electrons. The van der Waals surface area contributed by atoms with E-state index in [4.69, 9.17) is 17.2 Å². The van der Waals surface area contributed by atoms with Crippen LogP contribution in [0.4, 0.5) is 0 Å². The molecule has 0 aromatic heterocycles. The van der Waals surface area contributed by atoms with E-state index in [9.17, 15) is 9.59 Å². The summed E-state index contributed by atoms with van der Waals surface area (Å²) in [6.45, 7) is 1.12. The van der Waals surface area contributed by atoms with Crippen molar-refractivity contribution in [3.63, 3.8) is 0 Å². The Morgan fingerprint density at radius 2 is 1.87 bits per heavy atom. The zero-order valence-corrected chi connectivity index (χ0v) is 13.9. The summed E-state index contributed by atoms with van der Waals surface area (Å²) in [4.78, 5) is 28.2. The van der Waals surface area contributed by atoms with Crippen LogP contribution < -0.4 is 27.8 Å². The number of carbonyl (C=O) groups is 2. The molecule has 1 saturated carbocycles. The minimum atomic E-state index is -0.547. The first-order valence-electron chi connectivity index (χ1n) is 8.25. The van der Waals surface area contributed by atoms with Gasteiger partial charge in [0, 0.05) is 19.5 Å². The number of hydrogen-bond acceptors (Lipinski definition) is 4. The number of likely N-dealkylation sites (N-methyl/N-ethyl adjacent to an activating group) is 1. The predicted molar refractivity (Wildman–Crippen MR) is 90.4 cm³/mol. The number of rotatable bonds is 8. The van der Waals surface area contributed by atoms with E-state index in [-0.39, 0.29) is 23.7 Å². The standard InChI is InChI=1S/C15H30N6O2/c1-19-14(23)12(3-2-8-20-15(17)18)21-13(22)11-6-4-10(9-16)5-7-11/h10-12H,2-9,16H2,1H3,(H,19,23)(H,21,22)(H4,17,18,20)/t10?,11?,12-/m0/s1. The highest BCUT2D eigenvalue weighted by molar-refractivity contribution is 5.88. The zero-order valence-electron chi connectivity index (χ0n) is 13.9. The molecule has 1 fully saturated rings. The van der Waals surface area contributed by atoms with Gasteiger partial charge in [0.05, 0.1) is 0 Å². The molecule has 0 aromatic rings. The number of nitrogens with two attached hydrogens (primary N) is 3. The van der Waals surface area contributed by atoms with Gasteiger partial charge < -0.3 is 27.8 Å². The van der Waals surface area contributed by atoms with Crippen LogP contribution in [0.25, 0.3) is 0 Å². The predicted octanol–water partition coefficient (Wildman–Crippen LogP) is -0.964. The molecule has 8 N–H and O–H groups in total. The Morgan fingerprint density at radius 3 is 2.39 bits per heavy atom. The first kappa shape index (κ1) is 19.2. The Kier molecular flexibility index (Phi) is 8.39. The van der Waals surface area contributed by atoms with Crippen LogP contribution in [0.3, 0.4) is 0 Å². The van der Waals surface area contributed by atoms with Crippen LogP contribution in [-0.2, 0) is 9.59 Å². The molecule has 0 spiro atoms. The molecule has 0 heterocycles. The van der Waals surface area contributed by atoms with Crippen LogP contribution in [0.5, 0.6) is 0 Å². The van der Waals surface area contributed by atoms with Gasteiger partial charge in [0.2, 0.25) is 11.8 Å². The van der Waals surface area contributed by atoms with Gasteiger partial charge in [-0.15, -0.1) is 0 Å². The molecule has 8 heteroatoms. The summed E-state index contributed by atoms with van der Waals surface area (Å²) in [5.74, 6) is 0.285. The van der Waals surface area contributed by atoms with Gasteiger partial charge >= 0.3 is 0 Å². The summed E-state index contributed by atoms with van der Waals surface area (Å²) in [5, 5.41) is 5.45. The van der Waals surface area contributed by atoms with Crippen molar-refractivity contribution in [3.8, 4) is 0 Å². The molecular formula is C15H30N6O2. The maximum absolute atomic E-state index is 12.4. The monoisotopic (exact) mass is 326 g/mol. The second-order valence-corrected chi connectivity index (χ2v) is 6.08. The summed E-state index contributed by atoms with van der Waals surface area (Å²) < 4.78 is 0. The molecule has 0 unspecified atom stereocenters. The average molecular weight is 326 g/mol. The Labute approximate surface area is 137 Å². The van der Waals surface area contributed by atoms with Gasteiger partial charge in [-0.05, 0) is 51.0 Å². The third-order valence-electron chi connectivity index (χ3n) is 4.38. The largest absolute Gasteiger partial charge is 0.370 e. The Bertz CT molecular complexity index is 414. The molecule has 0 saturated heterocycles. The third kappa shape index (κ3) is 6.85. The van der Waals surface area contributed by atoms with E-state index in [2.05, 4.69) is 15.6 Å². The van der Waals surface area contributed by atoms with Crippen molar-refractivity contribution in [3.05, 3.63) is 0 Å². The van der Waals surface area contributed by atoms with Gasteiger partial charge in [-0.25, -0.2) is 0 Å². The van der Waals surface area contributed by atoms with E-state index in [0.29, 0.717) is 31.8 Å². The molecule has 0 aliphatic heterocycles.